The fourth-order valence-corrected chi connectivity index (χ4v) is 2.82. The van der Waals surface area contributed by atoms with Crippen molar-refractivity contribution in [3.63, 3.8) is 0 Å². The molecule has 4 nitrogen and oxygen atoms in total. The molecular weight excluding hydrogens is 290 g/mol. The van der Waals surface area contributed by atoms with Crippen LogP contribution < -0.4 is 10.1 Å². The first-order valence-electron chi connectivity index (χ1n) is 7.85. The van der Waals surface area contributed by atoms with E-state index in [9.17, 15) is 4.79 Å². The van der Waals surface area contributed by atoms with Gasteiger partial charge in [-0.1, -0.05) is 42.5 Å². The quantitative estimate of drug-likeness (QED) is 0.862. The summed E-state index contributed by atoms with van der Waals surface area (Å²) in [6, 6.07) is 18.3. The molecule has 2 aromatic rings. The maximum absolute atomic E-state index is 11.5. The Kier molecular flexibility index (Phi) is 4.93. The number of carbonyl (C=O) groups is 1. The number of methoxy groups -OCH3 is 1. The number of esters is 1. The zero-order valence-corrected chi connectivity index (χ0v) is 13.2. The Morgan fingerprint density at radius 3 is 2.48 bits per heavy atom. The van der Waals surface area contributed by atoms with Crippen molar-refractivity contribution < 1.29 is 14.3 Å². The van der Waals surface area contributed by atoms with Crippen molar-refractivity contribution in [2.75, 3.05) is 13.7 Å². The molecule has 0 amide bonds. The first-order valence-corrected chi connectivity index (χ1v) is 7.85. The molecule has 0 unspecified atom stereocenters. The van der Waals surface area contributed by atoms with Crippen LogP contribution in [0.15, 0.2) is 54.6 Å². The third-order valence-electron chi connectivity index (χ3n) is 4.05. The number of carbonyl (C=O) groups excluding carboxylic acids is 1. The number of hydrogen-bond acceptors (Lipinski definition) is 4. The zero-order valence-electron chi connectivity index (χ0n) is 13.2. The van der Waals surface area contributed by atoms with E-state index < -0.39 is 0 Å². The summed E-state index contributed by atoms with van der Waals surface area (Å²) >= 11 is 0. The lowest BCUT2D eigenvalue weighted by atomic mass is 10.1. The van der Waals surface area contributed by atoms with Crippen LogP contribution in [0.4, 0.5) is 0 Å². The van der Waals surface area contributed by atoms with Gasteiger partial charge in [-0.2, -0.15) is 0 Å². The van der Waals surface area contributed by atoms with Crippen LogP contribution in [0.5, 0.6) is 5.75 Å². The van der Waals surface area contributed by atoms with Crippen LogP contribution in [-0.2, 0) is 16.0 Å². The third kappa shape index (κ3) is 4.11. The topological polar surface area (TPSA) is 47.6 Å². The molecule has 1 aliphatic heterocycles. The Hall–Kier alpha value is -2.33. The first-order chi connectivity index (χ1) is 11.2. The highest BCUT2D eigenvalue weighted by molar-refractivity contribution is 5.76. The van der Waals surface area contributed by atoms with Crippen LogP contribution in [-0.4, -0.2) is 31.8 Å². The van der Waals surface area contributed by atoms with Gasteiger partial charge in [0.1, 0.15) is 17.9 Å². The van der Waals surface area contributed by atoms with Gasteiger partial charge in [0.05, 0.1) is 7.11 Å². The number of nitrogens with one attached hydrogen (secondary N) is 1. The number of ether oxygens (including phenoxy) is 2. The summed E-state index contributed by atoms with van der Waals surface area (Å²) in [5.74, 6) is 0.605. The molecule has 1 N–H and O–H groups in total. The van der Waals surface area contributed by atoms with Crippen LogP contribution in [0.3, 0.4) is 0 Å². The minimum atomic E-state index is -0.262. The van der Waals surface area contributed by atoms with Gasteiger partial charge in [-0.3, -0.25) is 4.79 Å². The van der Waals surface area contributed by atoms with Crippen LogP contribution >= 0.6 is 0 Å². The van der Waals surface area contributed by atoms with Crippen LogP contribution in [0, 0.1) is 0 Å². The van der Waals surface area contributed by atoms with Crippen molar-refractivity contribution in [1.29, 1.82) is 0 Å². The van der Waals surface area contributed by atoms with Crippen LogP contribution in [0.1, 0.15) is 17.5 Å². The first kappa shape index (κ1) is 15.6. The molecule has 1 fully saturated rings. The molecule has 1 saturated heterocycles. The average Bonchev–Trinajstić information content (AvgIpc) is 3.05. The van der Waals surface area contributed by atoms with Crippen molar-refractivity contribution >= 4 is 5.97 Å². The second-order valence-corrected chi connectivity index (χ2v) is 5.77. The van der Waals surface area contributed by atoms with E-state index in [-0.39, 0.29) is 18.1 Å². The Morgan fingerprint density at radius 1 is 1.09 bits per heavy atom. The summed E-state index contributed by atoms with van der Waals surface area (Å²) < 4.78 is 10.7. The lowest BCUT2D eigenvalue weighted by Crippen LogP contribution is -2.31. The van der Waals surface area contributed by atoms with E-state index in [2.05, 4.69) is 41.7 Å². The SMILES string of the molecule is COC(=O)[C@@H]1C[C@H](Oc2ccc(Cc3ccccc3)cc2)CN1. The highest BCUT2D eigenvalue weighted by Crippen LogP contribution is 2.19. The summed E-state index contributed by atoms with van der Waals surface area (Å²) in [7, 11) is 1.41. The third-order valence-corrected chi connectivity index (χ3v) is 4.05. The van der Waals surface area contributed by atoms with Gasteiger partial charge < -0.3 is 14.8 Å². The Balaban J connectivity index is 1.55. The lowest BCUT2D eigenvalue weighted by Gasteiger charge is -2.13. The number of rotatable bonds is 5. The molecule has 1 heterocycles. The van der Waals surface area contributed by atoms with E-state index in [1.54, 1.807) is 0 Å². The molecule has 0 aromatic heterocycles. The highest BCUT2D eigenvalue weighted by Gasteiger charge is 2.31. The van der Waals surface area contributed by atoms with Crippen molar-refractivity contribution in [2.45, 2.75) is 25.0 Å². The molecule has 0 bridgehead atoms. The smallest absolute Gasteiger partial charge is 0.323 e. The molecule has 0 aliphatic carbocycles. The van der Waals surface area contributed by atoms with Gasteiger partial charge >= 0.3 is 5.97 Å². The van der Waals surface area contributed by atoms with Crippen LogP contribution in [0.25, 0.3) is 0 Å². The van der Waals surface area contributed by atoms with Crippen molar-refractivity contribution in [3.05, 3.63) is 65.7 Å². The molecule has 3 rings (SSSR count). The normalized spacial score (nSPS) is 20.2. The fraction of sp³-hybridized carbons (Fsp3) is 0.316. The van der Waals surface area contributed by atoms with Crippen molar-refractivity contribution in [1.82, 2.24) is 5.32 Å². The van der Waals surface area contributed by atoms with E-state index in [4.69, 9.17) is 9.47 Å². The molecule has 0 radical (unpaired) electrons. The van der Waals surface area contributed by atoms with E-state index in [1.807, 2.05) is 18.2 Å². The van der Waals surface area contributed by atoms with E-state index >= 15 is 0 Å². The summed E-state index contributed by atoms with van der Waals surface area (Å²) in [5.41, 5.74) is 2.54. The fourth-order valence-electron chi connectivity index (χ4n) is 2.82. The monoisotopic (exact) mass is 311 g/mol. The zero-order chi connectivity index (χ0) is 16.1. The minimum Gasteiger partial charge on any atom is -0.489 e. The van der Waals surface area contributed by atoms with Gasteiger partial charge in [0, 0.05) is 13.0 Å². The molecule has 1 aliphatic rings. The number of hydrogen-bond donors (Lipinski definition) is 1. The standard InChI is InChI=1S/C19H21NO3/c1-22-19(21)18-12-17(13-20-18)23-16-9-7-15(8-10-16)11-14-5-3-2-4-6-14/h2-10,17-18,20H,11-13H2,1H3/t17-,18-/m0/s1. The van der Waals surface area contributed by atoms with Gasteiger partial charge in [0.25, 0.3) is 0 Å². The molecule has 0 spiro atoms. The summed E-state index contributed by atoms with van der Waals surface area (Å²) in [6.45, 7) is 0.658. The second-order valence-electron chi connectivity index (χ2n) is 5.77. The summed E-state index contributed by atoms with van der Waals surface area (Å²) in [6.07, 6.45) is 1.55. The van der Waals surface area contributed by atoms with Crippen molar-refractivity contribution in [3.8, 4) is 5.75 Å². The maximum atomic E-state index is 11.5. The summed E-state index contributed by atoms with van der Waals surface area (Å²) in [5, 5.41) is 3.12. The average molecular weight is 311 g/mol. The molecule has 2 atom stereocenters. The van der Waals surface area contributed by atoms with E-state index in [0.717, 1.165) is 12.2 Å². The Bertz CT molecular complexity index is 639. The Morgan fingerprint density at radius 2 is 1.78 bits per heavy atom. The van der Waals surface area contributed by atoms with Gasteiger partial charge in [-0.15, -0.1) is 0 Å². The van der Waals surface area contributed by atoms with Crippen LogP contribution in [0.2, 0.25) is 0 Å². The molecule has 120 valence electrons. The molecule has 4 heteroatoms. The minimum absolute atomic E-state index is 0.000858. The van der Waals surface area contributed by atoms with Crippen molar-refractivity contribution in [2.24, 2.45) is 0 Å². The van der Waals surface area contributed by atoms with E-state index in [0.29, 0.717) is 13.0 Å². The Labute approximate surface area is 136 Å². The van der Waals surface area contributed by atoms with Gasteiger partial charge in [-0.05, 0) is 29.7 Å². The number of benzene rings is 2. The second kappa shape index (κ2) is 7.29. The highest BCUT2D eigenvalue weighted by atomic mass is 16.5. The molecule has 0 saturated carbocycles. The molecule has 2 aromatic carbocycles. The molecular formula is C19H21NO3. The van der Waals surface area contributed by atoms with E-state index in [1.165, 1.54) is 18.2 Å². The maximum Gasteiger partial charge on any atom is 0.323 e. The largest absolute Gasteiger partial charge is 0.489 e. The van der Waals surface area contributed by atoms with Gasteiger partial charge in [0.2, 0.25) is 0 Å². The predicted molar refractivity (Wildman–Crippen MR) is 88.5 cm³/mol. The molecule has 23 heavy (non-hydrogen) atoms. The lowest BCUT2D eigenvalue weighted by molar-refractivity contribution is -0.142. The van der Waals surface area contributed by atoms with Gasteiger partial charge in [-0.25, -0.2) is 0 Å². The van der Waals surface area contributed by atoms with Gasteiger partial charge in [0.15, 0.2) is 0 Å². The summed E-state index contributed by atoms with van der Waals surface area (Å²) in [4.78, 5) is 11.5. The predicted octanol–water partition coefficient (Wildman–Crippen LogP) is 2.56.